The van der Waals surface area contributed by atoms with Gasteiger partial charge in [-0.1, -0.05) is 6.92 Å². The lowest BCUT2D eigenvalue weighted by molar-refractivity contribution is -0.129. The van der Waals surface area contributed by atoms with Crippen molar-refractivity contribution in [2.24, 2.45) is 9.98 Å². The molecule has 1 N–H and O–H groups in total. The second kappa shape index (κ2) is 2.69. The first kappa shape index (κ1) is 8.90. The predicted molar refractivity (Wildman–Crippen MR) is 46.9 cm³/mol. The molecule has 0 aliphatic carbocycles. The molecule has 12 heavy (non-hydrogen) atoms. The number of carboxylic acid groups (broad SMARTS) is 1. The molecule has 1 rings (SSSR count). The largest absolute Gasteiger partial charge is 0.475 e. The highest BCUT2D eigenvalue weighted by molar-refractivity contribution is 6.39. The van der Waals surface area contributed by atoms with E-state index in [1.165, 1.54) is 0 Å². The van der Waals surface area contributed by atoms with Gasteiger partial charge in [0.1, 0.15) is 0 Å². The van der Waals surface area contributed by atoms with E-state index in [2.05, 4.69) is 9.98 Å². The second-order valence-electron chi connectivity index (χ2n) is 3.21. The smallest absolute Gasteiger partial charge is 0.373 e. The molecule has 1 aliphatic rings. The van der Waals surface area contributed by atoms with Crippen LogP contribution in [0.5, 0.6) is 0 Å². The topological polar surface area (TPSA) is 62.0 Å². The van der Waals surface area contributed by atoms with Gasteiger partial charge in [0, 0.05) is 5.71 Å². The maximum absolute atomic E-state index is 10.5. The number of hydrogen-bond acceptors (Lipinski definition) is 3. The van der Waals surface area contributed by atoms with Gasteiger partial charge in [-0.2, -0.15) is 0 Å². The molecule has 0 amide bonds. The highest BCUT2D eigenvalue weighted by Crippen LogP contribution is 2.20. The number of aliphatic carboxylic acids is 1. The molecule has 0 aromatic rings. The van der Waals surface area contributed by atoms with E-state index in [1.54, 1.807) is 0 Å². The van der Waals surface area contributed by atoms with E-state index in [-0.39, 0.29) is 5.84 Å². The Labute approximate surface area is 71.0 Å². The van der Waals surface area contributed by atoms with Crippen LogP contribution in [0.3, 0.4) is 0 Å². The molecule has 1 aliphatic heterocycles. The standard InChI is InChI=1S/C8H12N2O2/c1-4-5-8(2,3)10-6(9-5)7(11)12/h4H2,1-3H3,(H,11,12). The zero-order valence-corrected chi connectivity index (χ0v) is 7.46. The highest BCUT2D eigenvalue weighted by atomic mass is 16.4. The fourth-order valence-electron chi connectivity index (χ4n) is 1.23. The van der Waals surface area contributed by atoms with Crippen molar-refractivity contribution in [3.8, 4) is 0 Å². The lowest BCUT2D eigenvalue weighted by atomic mass is 9.98. The molecule has 4 heteroatoms. The molecule has 66 valence electrons. The Morgan fingerprint density at radius 3 is 2.42 bits per heavy atom. The van der Waals surface area contributed by atoms with Gasteiger partial charge in [-0.15, -0.1) is 0 Å². The second-order valence-corrected chi connectivity index (χ2v) is 3.21. The summed E-state index contributed by atoms with van der Waals surface area (Å²) in [4.78, 5) is 18.4. The van der Waals surface area contributed by atoms with Crippen LogP contribution in [0.4, 0.5) is 0 Å². The first-order valence-electron chi connectivity index (χ1n) is 3.88. The zero-order chi connectivity index (χ0) is 9.35. The van der Waals surface area contributed by atoms with Gasteiger partial charge in [0.2, 0.25) is 5.84 Å². The normalized spacial score (nSPS) is 20.2. The molecule has 1 heterocycles. The predicted octanol–water partition coefficient (Wildman–Crippen LogP) is 1.11. The quantitative estimate of drug-likeness (QED) is 0.671. The van der Waals surface area contributed by atoms with E-state index in [9.17, 15) is 4.79 Å². The number of nitrogens with zero attached hydrogens (tertiary/aromatic N) is 2. The van der Waals surface area contributed by atoms with Crippen LogP contribution < -0.4 is 0 Å². The van der Waals surface area contributed by atoms with E-state index < -0.39 is 11.5 Å². The van der Waals surface area contributed by atoms with Crippen molar-refractivity contribution in [1.82, 2.24) is 0 Å². The van der Waals surface area contributed by atoms with Crippen LogP contribution >= 0.6 is 0 Å². The van der Waals surface area contributed by atoms with Crippen LogP contribution in [0, 0.1) is 0 Å². The van der Waals surface area contributed by atoms with Gasteiger partial charge in [0.05, 0.1) is 5.54 Å². The molecule has 0 saturated heterocycles. The molecule has 0 saturated carbocycles. The molecule has 0 unspecified atom stereocenters. The molecule has 4 nitrogen and oxygen atoms in total. The summed E-state index contributed by atoms with van der Waals surface area (Å²) >= 11 is 0. The van der Waals surface area contributed by atoms with Gasteiger partial charge in [0.15, 0.2) is 0 Å². The van der Waals surface area contributed by atoms with Crippen molar-refractivity contribution in [1.29, 1.82) is 0 Å². The minimum Gasteiger partial charge on any atom is -0.475 e. The van der Waals surface area contributed by atoms with Gasteiger partial charge >= 0.3 is 5.97 Å². The Morgan fingerprint density at radius 2 is 2.17 bits per heavy atom. The number of aliphatic imine (C=N–C) groups is 2. The summed E-state index contributed by atoms with van der Waals surface area (Å²) in [5, 5.41) is 8.62. The zero-order valence-electron chi connectivity index (χ0n) is 7.46. The van der Waals surface area contributed by atoms with Crippen molar-refractivity contribution in [3.05, 3.63) is 0 Å². The van der Waals surface area contributed by atoms with Crippen molar-refractivity contribution in [2.75, 3.05) is 0 Å². The van der Waals surface area contributed by atoms with Gasteiger partial charge in [-0.05, 0) is 20.3 Å². The van der Waals surface area contributed by atoms with Crippen LogP contribution in [-0.2, 0) is 4.79 Å². The van der Waals surface area contributed by atoms with Crippen LogP contribution in [0.2, 0.25) is 0 Å². The third kappa shape index (κ3) is 1.37. The Bertz CT molecular complexity index is 277. The van der Waals surface area contributed by atoms with Crippen molar-refractivity contribution in [3.63, 3.8) is 0 Å². The molecule has 0 radical (unpaired) electrons. The summed E-state index contributed by atoms with van der Waals surface area (Å²) in [6.45, 7) is 5.68. The lowest BCUT2D eigenvalue weighted by Crippen LogP contribution is -2.25. The number of carboxylic acids is 1. The minimum absolute atomic E-state index is 0.0724. The molecular weight excluding hydrogens is 156 g/mol. The van der Waals surface area contributed by atoms with E-state index in [1.807, 2.05) is 20.8 Å². The molecule has 0 spiro atoms. The lowest BCUT2D eigenvalue weighted by Gasteiger charge is -2.14. The average Bonchev–Trinajstić information content (AvgIpc) is 2.25. The summed E-state index contributed by atoms with van der Waals surface area (Å²) in [6, 6.07) is 0. The number of carbonyl (C=O) groups is 1. The Balaban J connectivity index is 2.99. The Hall–Kier alpha value is -1.19. The molecule has 0 aromatic heterocycles. The van der Waals surface area contributed by atoms with Crippen LogP contribution in [0.25, 0.3) is 0 Å². The first-order valence-corrected chi connectivity index (χ1v) is 3.88. The fraction of sp³-hybridized carbons (Fsp3) is 0.625. The van der Waals surface area contributed by atoms with Crippen LogP contribution in [-0.4, -0.2) is 28.2 Å². The third-order valence-corrected chi connectivity index (χ3v) is 1.86. The van der Waals surface area contributed by atoms with Gasteiger partial charge < -0.3 is 5.11 Å². The number of hydrogen-bond donors (Lipinski definition) is 1. The highest BCUT2D eigenvalue weighted by Gasteiger charge is 2.31. The summed E-state index contributed by atoms with van der Waals surface area (Å²) in [5.41, 5.74) is 0.405. The summed E-state index contributed by atoms with van der Waals surface area (Å²) in [6.07, 6.45) is 0.743. The van der Waals surface area contributed by atoms with Gasteiger partial charge in [0.25, 0.3) is 0 Å². The van der Waals surface area contributed by atoms with Crippen LogP contribution in [0.1, 0.15) is 27.2 Å². The van der Waals surface area contributed by atoms with E-state index >= 15 is 0 Å². The summed E-state index contributed by atoms with van der Waals surface area (Å²) < 4.78 is 0. The molecule has 0 aromatic carbocycles. The fourth-order valence-corrected chi connectivity index (χ4v) is 1.23. The summed E-state index contributed by atoms with van der Waals surface area (Å²) in [7, 11) is 0. The number of amidine groups is 1. The van der Waals surface area contributed by atoms with Gasteiger partial charge in [-0.25, -0.2) is 14.8 Å². The van der Waals surface area contributed by atoms with Crippen molar-refractivity contribution in [2.45, 2.75) is 32.7 Å². The van der Waals surface area contributed by atoms with Crippen LogP contribution in [0.15, 0.2) is 9.98 Å². The van der Waals surface area contributed by atoms with Gasteiger partial charge in [-0.3, -0.25) is 0 Å². The average molecular weight is 168 g/mol. The summed E-state index contributed by atoms with van der Waals surface area (Å²) in [5.74, 6) is -1.12. The maximum Gasteiger partial charge on any atom is 0.373 e. The van der Waals surface area contributed by atoms with E-state index in [0.717, 1.165) is 12.1 Å². The molecular formula is C8H12N2O2. The SMILES string of the molecule is CCC1=NC(C(=O)O)=NC1(C)C. The molecule has 0 bridgehead atoms. The van der Waals surface area contributed by atoms with Crippen molar-refractivity contribution >= 4 is 17.5 Å². The van der Waals surface area contributed by atoms with E-state index in [0.29, 0.717) is 0 Å². The monoisotopic (exact) mass is 168 g/mol. The molecule has 0 fully saturated rings. The first-order chi connectivity index (χ1) is 5.47. The minimum atomic E-state index is -1.05. The third-order valence-electron chi connectivity index (χ3n) is 1.86. The van der Waals surface area contributed by atoms with E-state index in [4.69, 9.17) is 5.11 Å². The molecule has 0 atom stereocenters. The number of rotatable bonds is 2. The maximum atomic E-state index is 10.5. The Kier molecular flexibility index (Phi) is 2.00. The van der Waals surface area contributed by atoms with Crippen molar-refractivity contribution < 1.29 is 9.90 Å². The Morgan fingerprint density at radius 1 is 1.58 bits per heavy atom.